The van der Waals surface area contributed by atoms with Gasteiger partial charge in [0.15, 0.2) is 0 Å². The Morgan fingerprint density at radius 2 is 1.30 bits per heavy atom. The molecule has 0 radical (unpaired) electrons. The van der Waals surface area contributed by atoms with Crippen molar-refractivity contribution in [2.75, 3.05) is 0 Å². The van der Waals surface area contributed by atoms with Crippen LogP contribution in [0.15, 0.2) is 0 Å². The summed E-state index contributed by atoms with van der Waals surface area (Å²) in [5.74, 6) is 0. The van der Waals surface area contributed by atoms with Gasteiger partial charge < -0.3 is 30.0 Å². The minimum absolute atomic E-state index is 0. The maximum Gasteiger partial charge on any atom is 2.00 e. The second-order valence-electron chi connectivity index (χ2n) is 0.714. The van der Waals surface area contributed by atoms with E-state index in [9.17, 15) is 0 Å². The predicted molar refractivity (Wildman–Crippen MR) is 28.2 cm³/mol. The van der Waals surface area contributed by atoms with E-state index in [0.29, 0.717) is 0 Å². The van der Waals surface area contributed by atoms with E-state index in [2.05, 4.69) is 0 Å². The zero-order chi connectivity index (χ0) is 8.08. The Bertz CT molecular complexity index is 113. The van der Waals surface area contributed by atoms with E-state index in [1.165, 1.54) is 0 Å². The molecule has 0 fully saturated rings. The molecule has 0 saturated heterocycles. The number of hydrogen-bond donors (Lipinski definition) is 2. The Morgan fingerprint density at radius 3 is 1.30 bits per heavy atom. The van der Waals surface area contributed by atoms with Crippen molar-refractivity contribution >= 4 is 30.9 Å². The Hall–Kier alpha value is 0.0762. The van der Waals surface area contributed by atoms with Crippen LogP contribution >= 0.6 is 7.82 Å². The molecule has 0 heterocycles. The maximum atomic E-state index is 8.77. The number of phosphoric acid groups is 1. The second kappa shape index (κ2) is 7.19. The van der Waals surface area contributed by atoms with E-state index in [1.54, 1.807) is 0 Å². The van der Waals surface area contributed by atoms with E-state index in [0.717, 1.165) is 0 Å². The third-order valence-electron chi connectivity index (χ3n) is 0. The fourth-order valence-corrected chi connectivity index (χ4v) is 0. The molecule has 8 nitrogen and oxygen atoms in total. The van der Waals surface area contributed by atoms with Crippen molar-refractivity contribution in [2.45, 2.75) is 0 Å². The molecule has 0 amide bonds. The van der Waals surface area contributed by atoms with Gasteiger partial charge >= 0.3 is 23.1 Å². The summed E-state index contributed by atoms with van der Waals surface area (Å²) in [4.78, 5) is 31.2. The molecule has 0 rings (SSSR count). The van der Waals surface area contributed by atoms with Gasteiger partial charge in [0.05, 0.1) is 5.09 Å². The van der Waals surface area contributed by atoms with Gasteiger partial charge in [-0.25, -0.2) is 0 Å². The predicted octanol–water partition coefficient (Wildman–Crippen LogP) is -2.18. The maximum absolute atomic E-state index is 8.77. The Kier molecular flexibility index (Phi) is 11.9. The van der Waals surface area contributed by atoms with Crippen LogP contribution < -0.4 is 4.89 Å². The molecule has 0 aliphatic carbocycles. The molecule has 10 heteroatoms. The van der Waals surface area contributed by atoms with Gasteiger partial charge in [-0.15, -0.1) is 0 Å². The minimum Gasteiger partial charge on any atom is -0.756 e. The fourth-order valence-electron chi connectivity index (χ4n) is 0. The fraction of sp³-hybridized carbons (Fsp3) is 0. The third kappa shape index (κ3) is 69600. The summed E-state index contributed by atoms with van der Waals surface area (Å²) in [6.07, 6.45) is 0. The summed E-state index contributed by atoms with van der Waals surface area (Å²) in [6, 6.07) is 0. The molecular formula is H2MgNO7P. The smallest absolute Gasteiger partial charge is 0.756 e. The summed E-state index contributed by atoms with van der Waals surface area (Å²) in [7, 11) is -4.89. The summed E-state index contributed by atoms with van der Waals surface area (Å²) in [6.45, 7) is 0. The third-order valence-corrected chi connectivity index (χ3v) is 0. The van der Waals surface area contributed by atoms with Gasteiger partial charge in [-0.05, 0) is 0 Å². The average Bonchev–Trinajstić information content (AvgIpc) is 1.19. The first-order valence-electron chi connectivity index (χ1n) is 1.31. The largest absolute Gasteiger partial charge is 2.00 e. The summed E-state index contributed by atoms with van der Waals surface area (Å²) in [5, 5.41) is 14.8. The Labute approximate surface area is 71.0 Å². The van der Waals surface area contributed by atoms with Crippen LogP contribution in [-0.2, 0) is 4.57 Å². The zero-order valence-electron chi connectivity index (χ0n) is 4.54. The van der Waals surface area contributed by atoms with Crippen molar-refractivity contribution < 1.29 is 24.3 Å². The van der Waals surface area contributed by atoms with Crippen molar-refractivity contribution in [2.24, 2.45) is 0 Å². The van der Waals surface area contributed by atoms with Gasteiger partial charge in [-0.1, -0.05) is 0 Å². The van der Waals surface area contributed by atoms with Gasteiger partial charge in [0.25, 0.3) is 7.82 Å². The summed E-state index contributed by atoms with van der Waals surface area (Å²) >= 11 is 0. The molecule has 0 saturated carbocycles. The quantitative estimate of drug-likeness (QED) is 0.188. The molecule has 0 atom stereocenters. The molecule has 0 spiro atoms. The second-order valence-corrected chi connectivity index (χ2v) is 1.70. The van der Waals surface area contributed by atoms with E-state index >= 15 is 0 Å². The van der Waals surface area contributed by atoms with Crippen molar-refractivity contribution in [3.8, 4) is 0 Å². The summed E-state index contributed by atoms with van der Waals surface area (Å²) < 4.78 is 8.77. The molecule has 0 aromatic heterocycles. The molecule has 2 N–H and O–H groups in total. The number of rotatable bonds is 0. The van der Waals surface area contributed by atoms with Crippen LogP contribution in [0.5, 0.6) is 0 Å². The van der Waals surface area contributed by atoms with E-state index in [1.807, 2.05) is 0 Å². The average molecular weight is 183 g/mol. The molecule has 0 aromatic rings. The minimum atomic E-state index is -4.89. The first-order chi connectivity index (χ1) is 3.73. The first kappa shape index (κ1) is 16.6. The molecule has 10 heavy (non-hydrogen) atoms. The van der Waals surface area contributed by atoms with Crippen molar-refractivity contribution in [1.82, 2.24) is 0 Å². The molecule has 0 bridgehead atoms. The van der Waals surface area contributed by atoms with Crippen LogP contribution in [0.2, 0.25) is 0 Å². The molecule has 0 aliphatic heterocycles. The standard InChI is InChI=1S/Mg.NO3.H3O4P/c;2-1(3)4;1-5(2,3)4/h;;(H3,1,2,3,4)/q+2;-1;/p-1. The first-order valence-corrected chi connectivity index (χ1v) is 2.84. The SMILES string of the molecule is O=P([O-])(O)O.O=[N+]([O-])[O-].[Mg+2]. The Morgan fingerprint density at radius 1 is 1.30 bits per heavy atom. The van der Waals surface area contributed by atoms with Crippen LogP contribution in [0.25, 0.3) is 0 Å². The van der Waals surface area contributed by atoms with Crippen molar-refractivity contribution in [3.63, 3.8) is 0 Å². The van der Waals surface area contributed by atoms with Crippen LogP contribution in [0.3, 0.4) is 0 Å². The molecule has 56 valence electrons. The number of nitrogens with zero attached hydrogens (tertiary/aromatic N) is 1. The van der Waals surface area contributed by atoms with Gasteiger partial charge in [0, 0.05) is 0 Å². The van der Waals surface area contributed by atoms with E-state index in [4.69, 9.17) is 34.6 Å². The van der Waals surface area contributed by atoms with Crippen LogP contribution in [0.4, 0.5) is 0 Å². The van der Waals surface area contributed by atoms with E-state index < -0.39 is 12.9 Å². The van der Waals surface area contributed by atoms with Crippen LogP contribution in [0.1, 0.15) is 0 Å². The number of hydrogen-bond acceptors (Lipinski definition) is 5. The van der Waals surface area contributed by atoms with Gasteiger partial charge in [0.1, 0.15) is 0 Å². The monoisotopic (exact) mass is 183 g/mol. The molecule has 0 unspecified atom stereocenters. The zero-order valence-corrected chi connectivity index (χ0v) is 6.85. The molecule has 0 aromatic carbocycles. The molecular weight excluding hydrogens is 181 g/mol. The van der Waals surface area contributed by atoms with E-state index in [-0.39, 0.29) is 23.1 Å². The topological polar surface area (TPSA) is 147 Å². The normalized spacial score (nSPS) is 8.30. The van der Waals surface area contributed by atoms with Crippen molar-refractivity contribution in [3.05, 3.63) is 15.3 Å². The van der Waals surface area contributed by atoms with Gasteiger partial charge in [0.2, 0.25) is 0 Å². The van der Waals surface area contributed by atoms with Crippen molar-refractivity contribution in [1.29, 1.82) is 0 Å². The van der Waals surface area contributed by atoms with Crippen LogP contribution in [-0.4, -0.2) is 37.9 Å². The van der Waals surface area contributed by atoms with Gasteiger partial charge in [-0.2, -0.15) is 0 Å². The Balaban J connectivity index is -0.0000000910. The van der Waals surface area contributed by atoms with Crippen LogP contribution in [0, 0.1) is 15.3 Å². The summed E-state index contributed by atoms with van der Waals surface area (Å²) in [5.41, 5.74) is 0. The molecule has 0 aliphatic rings. The van der Waals surface area contributed by atoms with Gasteiger partial charge in [-0.3, -0.25) is 4.57 Å².